The van der Waals surface area contributed by atoms with Crippen molar-refractivity contribution in [2.45, 2.75) is 136 Å². The zero-order chi connectivity index (χ0) is 77.1. The molecule has 3 aromatic heterocycles. The topological polar surface area (TPSA) is 315 Å². The lowest BCUT2D eigenvalue weighted by molar-refractivity contribution is -0.0435. The molecule has 6 aromatic carbocycles. The lowest BCUT2D eigenvalue weighted by Gasteiger charge is -2.53. The molecule has 1 aliphatic carbocycles. The molecule has 2 spiro atoms. The normalized spacial score (nSPS) is 15.0. The average molecular weight is 1560 g/mol. The number of aromatic nitrogens is 6. The summed E-state index contributed by atoms with van der Waals surface area (Å²) in [7, 11) is -1.39. The molecule has 109 heavy (non-hydrogen) atoms. The van der Waals surface area contributed by atoms with Gasteiger partial charge >= 0.3 is 6.09 Å². The molecule has 4 aliphatic rings. The van der Waals surface area contributed by atoms with E-state index in [0.29, 0.717) is 124 Å². The van der Waals surface area contributed by atoms with Crippen LogP contribution in [0.1, 0.15) is 147 Å². The number of hydrogen-bond acceptors (Lipinski definition) is 20. The van der Waals surface area contributed by atoms with Crippen LogP contribution in [0.25, 0.3) is 0 Å². The van der Waals surface area contributed by atoms with E-state index in [1.807, 2.05) is 142 Å². The van der Waals surface area contributed by atoms with Crippen molar-refractivity contribution in [3.8, 4) is 0 Å². The minimum Gasteiger partial charge on any atom is -0.444 e. The number of likely N-dealkylation sites (tertiary alicyclic amines) is 1. The number of amides is 4. The molecule has 572 valence electrons. The molecule has 4 fully saturated rings. The number of anilines is 5. The first kappa shape index (κ1) is 80.2. The number of carbonyl (C=O) groups is 4. The van der Waals surface area contributed by atoms with Crippen molar-refractivity contribution < 1.29 is 43.4 Å². The predicted octanol–water partition coefficient (Wildman–Crippen LogP) is 12.8. The predicted molar refractivity (Wildman–Crippen MR) is 425 cm³/mol. The summed E-state index contributed by atoms with van der Waals surface area (Å²) < 4.78 is 17.3. The standard InChI is InChI=1S/C32H39ClN6O4.C28H32ClN5O2.C21H21ClN4O3S/c1-31(2,3)43-30(42)39-20-32(21-39)11-13-38(14-12-32)29-36-18-25(28(41)35-16-22-7-5-4-6-8-22)27(37-29)34-17-23-9-10-24(19-40)26(33)15-23;29-24-15-21(7-8-22(24)19-35)17-30-25-23(26(36)31-16-20-5-2-1-3-6-20)18-32-27(33-25)34-13-11-28(12-14-34)9-4-10-28;1-30(29)21-25-12-17(20(28)24-10-14-5-3-2-4-6-14)19(26-21)23-11-15-7-8-16(13-27)18(22)9-15/h4-10,15,18,40H,11-14,16-17,19-21H2,1-3H3,(H,35,41)(H,34,36,37);1-3,5-8,15,18,35H,4,9-14,16-17,19H2,(H,31,36)(H,30,32,33);2-9,12,27H,10-11,13H2,1H3,(H,24,28)(H,23,25,26). The van der Waals surface area contributed by atoms with Gasteiger partial charge in [0.05, 0.1) is 30.6 Å². The first-order chi connectivity index (χ1) is 52.6. The molecule has 6 heterocycles. The van der Waals surface area contributed by atoms with Crippen molar-refractivity contribution in [1.82, 2.24) is 50.8 Å². The van der Waals surface area contributed by atoms with Crippen LogP contribution in [-0.4, -0.2) is 129 Å². The van der Waals surface area contributed by atoms with Crippen LogP contribution in [0.2, 0.25) is 15.1 Å². The van der Waals surface area contributed by atoms with Crippen LogP contribution in [0.5, 0.6) is 0 Å². The summed E-state index contributed by atoms with van der Waals surface area (Å²) in [6.45, 7) is 12.3. The van der Waals surface area contributed by atoms with Gasteiger partial charge in [-0.1, -0.05) is 169 Å². The third-order valence-corrected chi connectivity index (χ3v) is 21.5. The van der Waals surface area contributed by atoms with E-state index in [0.717, 1.165) is 72.4 Å². The van der Waals surface area contributed by atoms with Gasteiger partial charge in [0.2, 0.25) is 17.1 Å². The Hall–Kier alpha value is -9.86. The molecular weight excluding hydrogens is 1470 g/mol. The zero-order valence-corrected chi connectivity index (χ0v) is 64.6. The fraction of sp³-hybridized carbons (Fsp3) is 0.358. The second-order valence-corrected chi connectivity index (χ2v) is 31.2. The van der Waals surface area contributed by atoms with E-state index in [4.69, 9.17) is 49.5 Å². The third kappa shape index (κ3) is 22.0. The fourth-order valence-electron chi connectivity index (χ4n) is 13.2. The summed E-state index contributed by atoms with van der Waals surface area (Å²) in [5.41, 5.74) is 8.71. The number of carbonyl (C=O) groups excluding carboxylic acids is 4. The van der Waals surface area contributed by atoms with Gasteiger partial charge in [0.1, 0.15) is 39.7 Å². The summed E-state index contributed by atoms with van der Waals surface area (Å²) in [4.78, 5) is 84.7. The second kappa shape index (κ2) is 37.5. The molecule has 9 aromatic rings. The number of nitrogens with zero attached hydrogens (tertiary/aromatic N) is 9. The molecule has 24 nitrogen and oxygen atoms in total. The molecule has 1 saturated carbocycles. The van der Waals surface area contributed by atoms with E-state index in [2.05, 4.69) is 61.6 Å². The number of ether oxygens (including phenoxy) is 1. The molecule has 4 amide bonds. The summed E-state index contributed by atoms with van der Waals surface area (Å²) in [5.74, 6) is 1.56. The van der Waals surface area contributed by atoms with Crippen molar-refractivity contribution in [2.24, 2.45) is 10.8 Å². The van der Waals surface area contributed by atoms with Gasteiger partial charge in [-0.2, -0.15) is 9.97 Å². The molecule has 0 radical (unpaired) electrons. The Morgan fingerprint density at radius 2 is 0.817 bits per heavy atom. The molecule has 0 bridgehead atoms. The lowest BCUT2D eigenvalue weighted by Crippen LogP contribution is -2.62. The number of aliphatic hydroxyl groups is 3. The number of aliphatic hydroxyl groups excluding tert-OH is 3. The van der Waals surface area contributed by atoms with Gasteiger partial charge in [0.15, 0.2) is 0 Å². The molecule has 1 unspecified atom stereocenters. The molecule has 1 atom stereocenters. The van der Waals surface area contributed by atoms with Crippen LogP contribution < -0.4 is 41.7 Å². The van der Waals surface area contributed by atoms with E-state index in [1.54, 1.807) is 41.6 Å². The Labute approximate surface area is 652 Å². The highest BCUT2D eigenvalue weighted by Gasteiger charge is 2.48. The average Bonchev–Trinajstić information content (AvgIpc) is 0.764. The highest BCUT2D eigenvalue weighted by molar-refractivity contribution is 7.84. The largest absolute Gasteiger partial charge is 0.444 e. The number of rotatable bonds is 24. The highest BCUT2D eigenvalue weighted by Crippen LogP contribution is 2.49. The SMILES string of the molecule is CC(C)(C)OC(=O)N1CC2(CCN(c3ncc(C(=O)NCc4ccccc4)c(NCc4ccc(CO)c(Cl)c4)n3)CC2)C1.CS(=O)c1ncc(C(=O)NCc2ccccc2)c(NCc2ccc(CO)c(Cl)c2)n1.O=C(NCc1ccccc1)c1cnc(N2CCC3(CCC3)CC2)nc1NCc1ccc(CO)c(Cl)c1. The fourth-order valence-corrected chi connectivity index (χ4v) is 14.4. The van der Waals surface area contributed by atoms with Gasteiger partial charge < -0.3 is 66.7 Å². The van der Waals surface area contributed by atoms with Gasteiger partial charge in [-0.3, -0.25) is 18.6 Å². The van der Waals surface area contributed by atoms with Crippen molar-refractivity contribution in [3.05, 3.63) is 246 Å². The van der Waals surface area contributed by atoms with E-state index in [1.165, 1.54) is 44.6 Å². The highest BCUT2D eigenvalue weighted by atomic mass is 35.5. The van der Waals surface area contributed by atoms with E-state index < -0.39 is 16.4 Å². The summed E-state index contributed by atoms with van der Waals surface area (Å²) in [6.07, 6.45) is 14.0. The first-order valence-corrected chi connectivity index (χ1v) is 39.0. The molecule has 28 heteroatoms. The maximum absolute atomic E-state index is 13.2. The molecule has 3 saturated heterocycles. The smallest absolute Gasteiger partial charge is 0.410 e. The van der Waals surface area contributed by atoms with Crippen LogP contribution in [0.4, 0.5) is 34.1 Å². The summed E-state index contributed by atoms with van der Waals surface area (Å²) >= 11 is 18.7. The Morgan fingerprint density at radius 1 is 0.468 bits per heavy atom. The molecule has 13 rings (SSSR count). The van der Waals surface area contributed by atoms with E-state index in [9.17, 15) is 38.7 Å². The Morgan fingerprint density at radius 3 is 1.14 bits per heavy atom. The quantitative estimate of drug-likeness (QED) is 0.0254. The van der Waals surface area contributed by atoms with Gasteiger partial charge in [-0.25, -0.2) is 24.7 Å². The summed E-state index contributed by atoms with van der Waals surface area (Å²) in [6, 6.07) is 45.3. The van der Waals surface area contributed by atoms with Crippen LogP contribution in [0.15, 0.2) is 169 Å². The van der Waals surface area contributed by atoms with Gasteiger partial charge in [-0.05, 0) is 133 Å². The van der Waals surface area contributed by atoms with Gasteiger partial charge in [0, 0.05) is 124 Å². The maximum Gasteiger partial charge on any atom is 0.410 e. The van der Waals surface area contributed by atoms with Crippen molar-refractivity contribution in [2.75, 3.05) is 71.3 Å². The van der Waals surface area contributed by atoms with Crippen LogP contribution in [-0.2, 0) is 74.6 Å². The number of hydrogen-bond donors (Lipinski definition) is 9. The number of benzene rings is 6. The van der Waals surface area contributed by atoms with E-state index in [-0.39, 0.29) is 65.6 Å². The Bertz CT molecular complexity index is 4630. The van der Waals surface area contributed by atoms with Crippen LogP contribution >= 0.6 is 34.8 Å². The van der Waals surface area contributed by atoms with Crippen molar-refractivity contribution >= 4 is 98.8 Å². The summed E-state index contributed by atoms with van der Waals surface area (Å²) in [5, 5.41) is 48.2. The Kier molecular flexibility index (Phi) is 27.6. The van der Waals surface area contributed by atoms with Crippen molar-refractivity contribution in [1.29, 1.82) is 0 Å². The first-order valence-electron chi connectivity index (χ1n) is 36.3. The number of halogens is 3. The zero-order valence-electron chi connectivity index (χ0n) is 61.5. The lowest BCUT2D eigenvalue weighted by atomic mass is 9.63. The van der Waals surface area contributed by atoms with Gasteiger partial charge in [0.25, 0.3) is 17.7 Å². The second-order valence-electron chi connectivity index (χ2n) is 28.7. The maximum atomic E-state index is 13.2. The molecular formula is C81H92Cl3N15O9S. The number of piperidine rings is 2. The molecule has 3 aliphatic heterocycles. The van der Waals surface area contributed by atoms with E-state index >= 15 is 0 Å². The monoisotopic (exact) mass is 1560 g/mol. The minimum atomic E-state index is -1.39. The third-order valence-electron chi connectivity index (χ3n) is 19.8. The van der Waals surface area contributed by atoms with Crippen LogP contribution in [0, 0.1) is 10.8 Å². The number of nitrogens with one attached hydrogen (secondary N) is 6. The van der Waals surface area contributed by atoms with Gasteiger partial charge in [-0.15, -0.1) is 0 Å². The van der Waals surface area contributed by atoms with Crippen molar-refractivity contribution in [3.63, 3.8) is 0 Å². The Balaban J connectivity index is 0.000000165. The van der Waals surface area contributed by atoms with Crippen LogP contribution in [0.3, 0.4) is 0 Å². The molecule has 9 N–H and O–H groups in total. The minimum absolute atomic E-state index is 0.0890.